The Labute approximate surface area is 151 Å². The van der Waals surface area contributed by atoms with Gasteiger partial charge in [-0.05, 0) is 36.1 Å². The molecule has 0 radical (unpaired) electrons. The van der Waals surface area contributed by atoms with Crippen LogP contribution in [0.15, 0.2) is 54.6 Å². The molecule has 138 valence electrons. The first-order chi connectivity index (χ1) is 12.3. The molecule has 0 N–H and O–H groups in total. The van der Waals surface area contributed by atoms with E-state index < -0.39 is 17.2 Å². The molecule has 0 atom stereocenters. The zero-order valence-corrected chi connectivity index (χ0v) is 14.7. The Morgan fingerprint density at radius 2 is 1.58 bits per heavy atom. The van der Waals surface area contributed by atoms with Gasteiger partial charge in [-0.25, -0.2) is 0 Å². The lowest BCUT2D eigenvalue weighted by Gasteiger charge is -2.33. The highest BCUT2D eigenvalue weighted by molar-refractivity contribution is 5.88. The van der Waals surface area contributed by atoms with E-state index >= 15 is 0 Å². The van der Waals surface area contributed by atoms with Gasteiger partial charge in [0.2, 0.25) is 5.91 Å². The highest BCUT2D eigenvalue weighted by Gasteiger charge is 2.44. The fraction of sp³-hybridized carbons (Fsp3) is 0.381. The minimum Gasteiger partial charge on any atom is -0.341 e. The second kappa shape index (κ2) is 7.14. The topological polar surface area (TPSA) is 20.3 Å². The second-order valence-electron chi connectivity index (χ2n) is 7.01. The molecule has 1 fully saturated rings. The lowest BCUT2D eigenvalue weighted by molar-refractivity contribution is -0.138. The van der Waals surface area contributed by atoms with Crippen molar-refractivity contribution in [1.29, 1.82) is 0 Å². The summed E-state index contributed by atoms with van der Waals surface area (Å²) in [4.78, 5) is 14.9. The Morgan fingerprint density at radius 3 is 2.12 bits per heavy atom. The van der Waals surface area contributed by atoms with Crippen LogP contribution in [0.3, 0.4) is 0 Å². The molecule has 0 saturated heterocycles. The van der Waals surface area contributed by atoms with Crippen molar-refractivity contribution in [3.8, 4) is 0 Å². The van der Waals surface area contributed by atoms with Crippen molar-refractivity contribution >= 4 is 5.91 Å². The van der Waals surface area contributed by atoms with Crippen LogP contribution >= 0.6 is 0 Å². The van der Waals surface area contributed by atoms with Crippen LogP contribution in [0.5, 0.6) is 0 Å². The normalized spacial score (nSPS) is 16.5. The monoisotopic (exact) mass is 361 g/mol. The molecule has 2 aromatic carbocycles. The van der Waals surface area contributed by atoms with E-state index in [4.69, 9.17) is 0 Å². The number of hydrogen-bond acceptors (Lipinski definition) is 1. The van der Waals surface area contributed by atoms with Crippen molar-refractivity contribution in [2.45, 2.75) is 43.8 Å². The summed E-state index contributed by atoms with van der Waals surface area (Å²) < 4.78 is 38.1. The van der Waals surface area contributed by atoms with Gasteiger partial charge in [0.1, 0.15) is 0 Å². The molecule has 0 bridgehead atoms. The van der Waals surface area contributed by atoms with Crippen molar-refractivity contribution in [2.24, 2.45) is 0 Å². The number of nitrogens with zero attached hydrogens (tertiary/aromatic N) is 1. The largest absolute Gasteiger partial charge is 0.416 e. The maximum absolute atomic E-state index is 13.2. The molecule has 0 unspecified atom stereocenters. The van der Waals surface area contributed by atoms with Crippen LogP contribution in [0.2, 0.25) is 0 Å². The van der Waals surface area contributed by atoms with Gasteiger partial charge in [-0.2, -0.15) is 13.2 Å². The SMILES string of the molecule is CN(Cc1ccc(C(F)(F)F)cc1)C(=O)C1(c2ccccc2)CCCC1. The molecule has 1 aliphatic carbocycles. The van der Waals surface area contributed by atoms with Gasteiger partial charge in [0.05, 0.1) is 11.0 Å². The van der Waals surface area contributed by atoms with E-state index in [1.807, 2.05) is 30.3 Å². The van der Waals surface area contributed by atoms with Crippen LogP contribution in [0.1, 0.15) is 42.4 Å². The van der Waals surface area contributed by atoms with Crippen molar-refractivity contribution in [3.63, 3.8) is 0 Å². The van der Waals surface area contributed by atoms with E-state index in [0.717, 1.165) is 43.4 Å². The van der Waals surface area contributed by atoms with E-state index in [-0.39, 0.29) is 5.91 Å². The highest BCUT2D eigenvalue weighted by Crippen LogP contribution is 2.42. The number of rotatable bonds is 4. The number of amides is 1. The number of carbonyl (C=O) groups is 1. The Balaban J connectivity index is 1.78. The fourth-order valence-electron chi connectivity index (χ4n) is 3.87. The van der Waals surface area contributed by atoms with E-state index in [2.05, 4.69) is 0 Å². The number of carbonyl (C=O) groups excluding carboxylic acids is 1. The van der Waals surface area contributed by atoms with Crippen molar-refractivity contribution in [3.05, 3.63) is 71.3 Å². The summed E-state index contributed by atoms with van der Waals surface area (Å²) in [5.74, 6) is 0.0427. The molecule has 0 spiro atoms. The van der Waals surface area contributed by atoms with Crippen LogP contribution in [0, 0.1) is 0 Å². The molecule has 5 heteroatoms. The Hall–Kier alpha value is -2.30. The maximum Gasteiger partial charge on any atom is 0.416 e. The van der Waals surface area contributed by atoms with Crippen LogP contribution in [0.4, 0.5) is 13.2 Å². The van der Waals surface area contributed by atoms with Gasteiger partial charge >= 0.3 is 6.18 Å². The average molecular weight is 361 g/mol. The molecule has 0 aromatic heterocycles. The van der Waals surface area contributed by atoms with Gasteiger partial charge in [0.15, 0.2) is 0 Å². The summed E-state index contributed by atoms with van der Waals surface area (Å²) in [7, 11) is 1.73. The molecule has 1 aliphatic rings. The number of hydrogen-bond donors (Lipinski definition) is 0. The summed E-state index contributed by atoms with van der Waals surface area (Å²) in [5.41, 5.74) is 0.533. The number of benzene rings is 2. The minimum absolute atomic E-state index is 0.0427. The Kier molecular flexibility index (Phi) is 5.08. The van der Waals surface area contributed by atoms with Crippen molar-refractivity contribution < 1.29 is 18.0 Å². The van der Waals surface area contributed by atoms with Crippen molar-refractivity contribution in [1.82, 2.24) is 4.90 Å². The zero-order valence-electron chi connectivity index (χ0n) is 14.7. The van der Waals surface area contributed by atoms with Crippen LogP contribution in [-0.2, 0) is 22.9 Å². The zero-order chi connectivity index (χ0) is 18.8. The molecule has 3 rings (SSSR count). The molecule has 26 heavy (non-hydrogen) atoms. The first-order valence-electron chi connectivity index (χ1n) is 8.80. The van der Waals surface area contributed by atoms with Gasteiger partial charge in [0, 0.05) is 13.6 Å². The third-order valence-electron chi connectivity index (χ3n) is 5.24. The summed E-state index contributed by atoms with van der Waals surface area (Å²) in [5, 5.41) is 0. The summed E-state index contributed by atoms with van der Waals surface area (Å²) in [6.07, 6.45) is -0.703. The van der Waals surface area contributed by atoms with Crippen LogP contribution < -0.4 is 0 Å². The van der Waals surface area contributed by atoms with Crippen LogP contribution in [-0.4, -0.2) is 17.9 Å². The lowest BCUT2D eigenvalue weighted by Crippen LogP contribution is -2.43. The average Bonchev–Trinajstić information content (AvgIpc) is 3.12. The Morgan fingerprint density at radius 1 is 1.00 bits per heavy atom. The standard InChI is InChI=1S/C21H22F3NO/c1-25(15-16-9-11-18(12-10-16)21(22,23)24)19(26)20(13-5-6-14-20)17-7-3-2-4-8-17/h2-4,7-12H,5-6,13-15H2,1H3. The maximum atomic E-state index is 13.2. The first kappa shape index (κ1) is 18.5. The minimum atomic E-state index is -4.35. The van der Waals surface area contributed by atoms with Gasteiger partial charge < -0.3 is 4.90 Å². The third kappa shape index (κ3) is 3.62. The predicted molar refractivity (Wildman–Crippen MR) is 94.5 cm³/mol. The molecule has 1 saturated carbocycles. The fourth-order valence-corrected chi connectivity index (χ4v) is 3.87. The lowest BCUT2D eigenvalue weighted by atomic mass is 9.77. The van der Waals surface area contributed by atoms with Gasteiger partial charge in [-0.3, -0.25) is 4.79 Å². The first-order valence-corrected chi connectivity index (χ1v) is 8.80. The van der Waals surface area contributed by atoms with Crippen LogP contribution in [0.25, 0.3) is 0 Å². The molecular formula is C21H22F3NO. The third-order valence-corrected chi connectivity index (χ3v) is 5.24. The highest BCUT2D eigenvalue weighted by atomic mass is 19.4. The summed E-state index contributed by atoms with van der Waals surface area (Å²) >= 11 is 0. The predicted octanol–water partition coefficient (Wildman–Crippen LogP) is 5.18. The molecule has 0 aliphatic heterocycles. The quantitative estimate of drug-likeness (QED) is 0.735. The molecule has 2 aromatic rings. The number of halogens is 3. The molecule has 1 amide bonds. The summed E-state index contributed by atoms with van der Waals surface area (Å²) in [6, 6.07) is 14.8. The van der Waals surface area contributed by atoms with Gasteiger partial charge in [-0.1, -0.05) is 55.3 Å². The van der Waals surface area contributed by atoms with E-state index in [1.165, 1.54) is 12.1 Å². The van der Waals surface area contributed by atoms with E-state index in [1.54, 1.807) is 11.9 Å². The summed E-state index contributed by atoms with van der Waals surface area (Å²) in [6.45, 7) is 0.297. The number of alkyl halides is 3. The second-order valence-corrected chi connectivity index (χ2v) is 7.01. The Bertz CT molecular complexity index is 747. The molecular weight excluding hydrogens is 339 g/mol. The van der Waals surface area contributed by atoms with Gasteiger partial charge in [0.25, 0.3) is 0 Å². The van der Waals surface area contributed by atoms with E-state index in [0.29, 0.717) is 12.1 Å². The smallest absolute Gasteiger partial charge is 0.341 e. The van der Waals surface area contributed by atoms with Crippen molar-refractivity contribution in [2.75, 3.05) is 7.05 Å². The number of likely N-dealkylation sites (N-methyl/N-ethyl adjacent to an activating group) is 1. The molecule has 0 heterocycles. The van der Waals surface area contributed by atoms with Gasteiger partial charge in [-0.15, -0.1) is 0 Å². The molecule has 2 nitrogen and oxygen atoms in total. The van der Waals surface area contributed by atoms with E-state index in [9.17, 15) is 18.0 Å².